The molecule has 6 nitrogen and oxygen atoms in total. The van der Waals surface area contributed by atoms with E-state index in [0.717, 1.165) is 17.7 Å². The average Bonchev–Trinajstić information content (AvgIpc) is 2.93. The van der Waals surface area contributed by atoms with Crippen molar-refractivity contribution in [3.05, 3.63) is 35.1 Å². The van der Waals surface area contributed by atoms with Gasteiger partial charge >= 0.3 is 0 Å². The predicted molar refractivity (Wildman–Crippen MR) is 84.7 cm³/mol. The third-order valence-corrected chi connectivity index (χ3v) is 6.93. The van der Waals surface area contributed by atoms with E-state index in [1.54, 1.807) is 12.2 Å². The second-order valence-corrected chi connectivity index (χ2v) is 7.76. The van der Waals surface area contributed by atoms with Crippen molar-refractivity contribution in [1.29, 1.82) is 0 Å². The molecule has 3 N–H and O–H groups in total. The average molecular weight is 333 g/mol. The molecule has 2 fully saturated rings. The van der Waals surface area contributed by atoms with Crippen molar-refractivity contribution in [2.75, 3.05) is 20.7 Å². The maximum absolute atomic E-state index is 11.7. The molecular weight excluding hydrogens is 310 g/mol. The molecule has 6 atom stereocenters. The minimum atomic E-state index is -1.53. The van der Waals surface area contributed by atoms with E-state index in [1.807, 2.05) is 13.1 Å². The summed E-state index contributed by atoms with van der Waals surface area (Å²) in [4.78, 5) is 2.19. The third kappa shape index (κ3) is 1.39. The Labute approximate surface area is 140 Å². The van der Waals surface area contributed by atoms with Crippen LogP contribution in [-0.4, -0.2) is 70.6 Å². The fourth-order valence-corrected chi connectivity index (χ4v) is 5.69. The molecule has 2 bridgehead atoms. The highest BCUT2D eigenvalue weighted by Crippen LogP contribution is 2.67. The van der Waals surface area contributed by atoms with Gasteiger partial charge in [0.05, 0.1) is 5.41 Å². The summed E-state index contributed by atoms with van der Waals surface area (Å²) in [6.07, 6.45) is 5.66. The van der Waals surface area contributed by atoms with Crippen LogP contribution >= 0.6 is 0 Å². The number of ether oxygens (including phenoxy) is 2. The standard InChI is InChI=1S/C18H23NO5/c1-19-8-7-16-13-10-3-6-18(22,23-2)15(13)24-14(16)11(20)4-5-17(16,21)12(19)9-10/h3-5,11-12,14,20-22H,6-9H2,1-2H3/t11-,12+,14-,16-,17+,18?/m0/s1. The van der Waals surface area contributed by atoms with Crippen LogP contribution in [-0.2, 0) is 9.47 Å². The molecule has 0 aromatic heterocycles. The van der Waals surface area contributed by atoms with Gasteiger partial charge < -0.3 is 24.8 Å². The molecule has 1 saturated heterocycles. The van der Waals surface area contributed by atoms with Crippen LogP contribution in [0.2, 0.25) is 0 Å². The van der Waals surface area contributed by atoms with E-state index >= 15 is 0 Å². The zero-order chi connectivity index (χ0) is 16.9. The minimum Gasteiger partial charge on any atom is -0.485 e. The fourth-order valence-electron chi connectivity index (χ4n) is 5.69. The first-order valence-electron chi connectivity index (χ1n) is 8.56. The van der Waals surface area contributed by atoms with Gasteiger partial charge in [-0.1, -0.05) is 18.2 Å². The number of hydrogen-bond acceptors (Lipinski definition) is 6. The zero-order valence-electron chi connectivity index (χ0n) is 13.9. The smallest absolute Gasteiger partial charge is 0.228 e. The lowest BCUT2D eigenvalue weighted by Gasteiger charge is -2.62. The number of piperidine rings is 1. The van der Waals surface area contributed by atoms with Crippen LogP contribution < -0.4 is 0 Å². The molecule has 3 aliphatic carbocycles. The summed E-state index contributed by atoms with van der Waals surface area (Å²) >= 11 is 0. The Balaban J connectivity index is 1.81. The van der Waals surface area contributed by atoms with Gasteiger partial charge in [0.2, 0.25) is 5.79 Å². The molecule has 1 spiro atoms. The third-order valence-electron chi connectivity index (χ3n) is 6.93. The monoisotopic (exact) mass is 333 g/mol. The molecule has 0 radical (unpaired) electrons. The van der Waals surface area contributed by atoms with Crippen LogP contribution in [0, 0.1) is 5.41 Å². The number of hydrogen-bond donors (Lipinski definition) is 3. The Morgan fingerprint density at radius 1 is 1.38 bits per heavy atom. The Morgan fingerprint density at radius 3 is 2.92 bits per heavy atom. The van der Waals surface area contributed by atoms with E-state index in [4.69, 9.17) is 9.47 Å². The van der Waals surface area contributed by atoms with Gasteiger partial charge in [-0.2, -0.15) is 0 Å². The minimum absolute atomic E-state index is 0.0656. The molecule has 6 heteroatoms. The van der Waals surface area contributed by atoms with Crippen molar-refractivity contribution < 1.29 is 24.8 Å². The summed E-state index contributed by atoms with van der Waals surface area (Å²) in [5.74, 6) is -1.14. The highest BCUT2D eigenvalue weighted by atomic mass is 16.6. The molecule has 0 aromatic rings. The lowest BCUT2D eigenvalue weighted by molar-refractivity contribution is -0.204. The van der Waals surface area contributed by atoms with Crippen molar-refractivity contribution in [3.63, 3.8) is 0 Å². The number of aliphatic hydroxyl groups excluding tert-OH is 1. The van der Waals surface area contributed by atoms with E-state index in [0.29, 0.717) is 25.0 Å². The van der Waals surface area contributed by atoms with Crippen LogP contribution in [0.15, 0.2) is 35.1 Å². The van der Waals surface area contributed by atoms with Gasteiger partial charge in [-0.15, -0.1) is 0 Å². The first-order valence-corrected chi connectivity index (χ1v) is 8.56. The number of rotatable bonds is 1. The molecule has 0 amide bonds. The first kappa shape index (κ1) is 15.1. The van der Waals surface area contributed by atoms with Crippen LogP contribution in [0.1, 0.15) is 19.3 Å². The summed E-state index contributed by atoms with van der Waals surface area (Å²) < 4.78 is 11.5. The van der Waals surface area contributed by atoms with Crippen LogP contribution in [0.4, 0.5) is 0 Å². The molecule has 2 heterocycles. The van der Waals surface area contributed by atoms with Gasteiger partial charge in [-0.05, 0) is 32.0 Å². The normalized spacial score (nSPS) is 52.0. The number of likely N-dealkylation sites (N-methyl/N-ethyl adjacent to an activating group) is 1. The zero-order valence-corrected chi connectivity index (χ0v) is 13.9. The number of methoxy groups -OCH3 is 1. The predicted octanol–water partition coefficient (Wildman–Crippen LogP) is 0.0604. The maximum Gasteiger partial charge on any atom is 0.228 e. The summed E-state index contributed by atoms with van der Waals surface area (Å²) in [6.45, 7) is 0.808. The molecule has 1 saturated carbocycles. The van der Waals surface area contributed by atoms with E-state index < -0.39 is 29.0 Å². The van der Waals surface area contributed by atoms with E-state index in [-0.39, 0.29) is 6.04 Å². The van der Waals surface area contributed by atoms with E-state index in [1.165, 1.54) is 7.11 Å². The summed E-state index contributed by atoms with van der Waals surface area (Å²) in [6, 6.07) is -0.0656. The summed E-state index contributed by atoms with van der Waals surface area (Å²) in [5, 5.41) is 33.2. The van der Waals surface area contributed by atoms with Crippen molar-refractivity contribution in [2.24, 2.45) is 5.41 Å². The topological polar surface area (TPSA) is 82.4 Å². The largest absolute Gasteiger partial charge is 0.485 e. The quantitative estimate of drug-likeness (QED) is 0.465. The molecule has 1 unspecified atom stereocenters. The molecule has 130 valence electrons. The molecule has 24 heavy (non-hydrogen) atoms. The molecule has 5 rings (SSSR count). The lowest BCUT2D eigenvalue weighted by atomic mass is 9.48. The Bertz CT molecular complexity index is 714. The first-order chi connectivity index (χ1) is 11.4. The number of likely N-dealkylation sites (tertiary alicyclic amines) is 1. The van der Waals surface area contributed by atoms with Gasteiger partial charge in [-0.25, -0.2) is 0 Å². The SMILES string of the molecule is COC1(O)CC=C2C[C@H]3N(C)CC[C@]45C2=C1O[C@H]4[C@@H](O)C=C[C@@]35O. The van der Waals surface area contributed by atoms with Crippen LogP contribution in [0.3, 0.4) is 0 Å². The van der Waals surface area contributed by atoms with Crippen molar-refractivity contribution in [1.82, 2.24) is 4.90 Å². The highest BCUT2D eigenvalue weighted by molar-refractivity contribution is 5.57. The Kier molecular flexibility index (Phi) is 2.72. The van der Waals surface area contributed by atoms with Gasteiger partial charge in [0, 0.05) is 25.1 Å². The van der Waals surface area contributed by atoms with Gasteiger partial charge in [0.15, 0.2) is 5.76 Å². The van der Waals surface area contributed by atoms with Gasteiger partial charge in [0.25, 0.3) is 0 Å². The van der Waals surface area contributed by atoms with Gasteiger partial charge in [0.1, 0.15) is 17.8 Å². The second-order valence-electron chi connectivity index (χ2n) is 7.76. The van der Waals surface area contributed by atoms with Crippen molar-refractivity contribution >= 4 is 0 Å². The van der Waals surface area contributed by atoms with Gasteiger partial charge in [-0.3, -0.25) is 4.90 Å². The lowest BCUT2D eigenvalue weighted by Crippen LogP contribution is -2.73. The number of nitrogens with zero attached hydrogens (tertiary/aromatic N) is 1. The molecule has 0 aromatic carbocycles. The van der Waals surface area contributed by atoms with Crippen LogP contribution in [0.25, 0.3) is 0 Å². The van der Waals surface area contributed by atoms with E-state index in [9.17, 15) is 15.3 Å². The van der Waals surface area contributed by atoms with E-state index in [2.05, 4.69) is 4.90 Å². The summed E-state index contributed by atoms with van der Waals surface area (Å²) in [7, 11) is 3.49. The molecule has 5 aliphatic rings. The molecule has 2 aliphatic heterocycles. The van der Waals surface area contributed by atoms with Crippen LogP contribution in [0.5, 0.6) is 0 Å². The van der Waals surface area contributed by atoms with Crippen molar-refractivity contribution in [2.45, 2.75) is 48.9 Å². The highest BCUT2D eigenvalue weighted by Gasteiger charge is 2.73. The Hall–Kier alpha value is -1.18. The maximum atomic E-state index is 11.7. The Morgan fingerprint density at radius 2 is 2.17 bits per heavy atom. The van der Waals surface area contributed by atoms with Crippen molar-refractivity contribution in [3.8, 4) is 0 Å². The fraction of sp³-hybridized carbons (Fsp3) is 0.667. The summed E-state index contributed by atoms with van der Waals surface area (Å²) in [5.41, 5.74) is 0.117. The molecular formula is C18H23NO5. The second kappa shape index (κ2) is 4.31. The number of aliphatic hydroxyl groups is 3.